The minimum atomic E-state index is -0.994. The van der Waals surface area contributed by atoms with Crippen molar-refractivity contribution in [1.82, 2.24) is 10.3 Å². The van der Waals surface area contributed by atoms with Crippen LogP contribution in [-0.4, -0.2) is 29.1 Å². The van der Waals surface area contributed by atoms with Gasteiger partial charge in [-0.15, -0.1) is 0 Å². The smallest absolute Gasteiger partial charge is 0.339 e. The number of pyridine rings is 1. The molecule has 1 fully saturated rings. The Balaban J connectivity index is 2.38. The fraction of sp³-hybridized carbons (Fsp3) is 0.455. The summed E-state index contributed by atoms with van der Waals surface area (Å²) in [6.07, 6.45) is 3.58. The summed E-state index contributed by atoms with van der Waals surface area (Å²) in [5.74, 6) is -0.838. The van der Waals surface area contributed by atoms with E-state index in [-0.39, 0.29) is 11.5 Å². The monoisotopic (exact) mass is 221 g/mol. The Morgan fingerprint density at radius 3 is 3.06 bits per heavy atom. The van der Waals surface area contributed by atoms with Crippen LogP contribution >= 0.6 is 0 Å². The molecule has 0 aromatic carbocycles. The lowest BCUT2D eigenvalue weighted by Gasteiger charge is -2.23. The summed E-state index contributed by atoms with van der Waals surface area (Å²) in [6, 6.07) is 1.53. The Kier molecular flexibility index (Phi) is 3.05. The minimum absolute atomic E-state index is 0.156. The van der Waals surface area contributed by atoms with Crippen LogP contribution in [0.4, 0.5) is 5.69 Å². The number of piperidine rings is 1. The molecule has 0 aliphatic carbocycles. The van der Waals surface area contributed by atoms with Crippen LogP contribution in [0, 0.1) is 0 Å². The molecule has 0 spiro atoms. The van der Waals surface area contributed by atoms with Crippen molar-refractivity contribution in [2.75, 3.05) is 18.8 Å². The highest BCUT2D eigenvalue weighted by atomic mass is 16.4. The van der Waals surface area contributed by atoms with E-state index in [2.05, 4.69) is 10.3 Å². The van der Waals surface area contributed by atoms with Gasteiger partial charge in [0.05, 0.1) is 5.69 Å². The topological polar surface area (TPSA) is 88.2 Å². The van der Waals surface area contributed by atoms with Crippen molar-refractivity contribution in [2.45, 2.75) is 18.8 Å². The van der Waals surface area contributed by atoms with Crippen LogP contribution in [0.2, 0.25) is 0 Å². The number of rotatable bonds is 2. The van der Waals surface area contributed by atoms with E-state index in [1.54, 1.807) is 6.20 Å². The molecule has 1 saturated heterocycles. The molecule has 1 aromatic heterocycles. The maximum Gasteiger partial charge on any atom is 0.339 e. The number of nitrogens with one attached hydrogen (secondary N) is 1. The third-order valence-corrected chi connectivity index (χ3v) is 2.91. The number of nitrogens with zero attached hydrogens (tertiary/aromatic N) is 1. The van der Waals surface area contributed by atoms with Gasteiger partial charge in [-0.05, 0) is 25.5 Å². The van der Waals surface area contributed by atoms with Crippen molar-refractivity contribution >= 4 is 11.7 Å². The van der Waals surface area contributed by atoms with E-state index in [1.807, 2.05) is 0 Å². The molecule has 2 rings (SSSR count). The van der Waals surface area contributed by atoms with Crippen LogP contribution in [0.15, 0.2) is 12.3 Å². The number of carboxylic acid groups (broad SMARTS) is 1. The number of aromatic nitrogens is 1. The number of carbonyl (C=O) groups is 1. The number of hydrogen-bond donors (Lipinski definition) is 3. The van der Waals surface area contributed by atoms with Crippen molar-refractivity contribution in [3.63, 3.8) is 0 Å². The second-order valence-electron chi connectivity index (χ2n) is 4.01. The SMILES string of the molecule is Nc1ccnc(C2CCCNC2)c1C(=O)O. The maximum absolute atomic E-state index is 11.1. The first-order valence-corrected chi connectivity index (χ1v) is 5.38. The van der Waals surface area contributed by atoms with Gasteiger partial charge in [-0.25, -0.2) is 4.79 Å². The van der Waals surface area contributed by atoms with Gasteiger partial charge < -0.3 is 16.2 Å². The van der Waals surface area contributed by atoms with E-state index in [0.717, 1.165) is 25.9 Å². The normalized spacial score (nSPS) is 20.6. The number of nitrogens with two attached hydrogens (primary N) is 1. The largest absolute Gasteiger partial charge is 0.478 e. The molecule has 86 valence electrons. The van der Waals surface area contributed by atoms with Gasteiger partial charge in [-0.3, -0.25) is 4.98 Å². The summed E-state index contributed by atoms with van der Waals surface area (Å²) < 4.78 is 0. The van der Waals surface area contributed by atoms with Gasteiger partial charge in [-0.2, -0.15) is 0 Å². The molecule has 16 heavy (non-hydrogen) atoms. The van der Waals surface area contributed by atoms with Crippen molar-refractivity contribution in [3.05, 3.63) is 23.5 Å². The summed E-state index contributed by atoms with van der Waals surface area (Å²) in [5.41, 5.74) is 6.76. The lowest BCUT2D eigenvalue weighted by molar-refractivity contribution is 0.0695. The highest BCUT2D eigenvalue weighted by molar-refractivity contribution is 5.94. The zero-order valence-electron chi connectivity index (χ0n) is 8.94. The lowest BCUT2D eigenvalue weighted by Crippen LogP contribution is -2.30. The first-order valence-electron chi connectivity index (χ1n) is 5.38. The van der Waals surface area contributed by atoms with Gasteiger partial charge in [0.2, 0.25) is 0 Å². The average Bonchev–Trinajstić information content (AvgIpc) is 2.29. The zero-order valence-corrected chi connectivity index (χ0v) is 8.94. The quantitative estimate of drug-likeness (QED) is 0.688. The van der Waals surface area contributed by atoms with E-state index in [0.29, 0.717) is 11.4 Å². The van der Waals surface area contributed by atoms with Crippen LogP contribution in [-0.2, 0) is 0 Å². The van der Waals surface area contributed by atoms with Crippen LogP contribution in [0.1, 0.15) is 34.8 Å². The Labute approximate surface area is 93.7 Å². The van der Waals surface area contributed by atoms with Gasteiger partial charge in [0.1, 0.15) is 5.56 Å². The number of aromatic carboxylic acids is 1. The van der Waals surface area contributed by atoms with E-state index in [1.165, 1.54) is 6.07 Å². The van der Waals surface area contributed by atoms with Gasteiger partial charge in [0.15, 0.2) is 0 Å². The molecule has 0 amide bonds. The van der Waals surface area contributed by atoms with Crippen LogP contribution in [0.5, 0.6) is 0 Å². The molecule has 2 heterocycles. The fourth-order valence-electron chi connectivity index (χ4n) is 2.12. The molecule has 1 aliphatic rings. The molecule has 1 aliphatic heterocycles. The molecule has 1 atom stereocenters. The predicted molar refractivity (Wildman–Crippen MR) is 60.5 cm³/mol. The summed E-state index contributed by atoms with van der Waals surface area (Å²) in [5, 5.41) is 12.4. The molecule has 0 bridgehead atoms. The first-order chi connectivity index (χ1) is 7.70. The standard InChI is InChI=1S/C11H15N3O2/c12-8-3-5-14-10(9(8)11(15)16)7-2-1-4-13-6-7/h3,5,7,13H,1-2,4,6H2,(H2,12,14)(H,15,16). The summed E-state index contributed by atoms with van der Waals surface area (Å²) in [7, 11) is 0. The highest BCUT2D eigenvalue weighted by Crippen LogP contribution is 2.27. The Morgan fingerprint density at radius 2 is 2.44 bits per heavy atom. The summed E-state index contributed by atoms with van der Waals surface area (Å²) >= 11 is 0. The number of carboxylic acids is 1. The van der Waals surface area contributed by atoms with Crippen molar-refractivity contribution < 1.29 is 9.90 Å². The Morgan fingerprint density at radius 1 is 1.62 bits per heavy atom. The fourth-order valence-corrected chi connectivity index (χ4v) is 2.12. The molecule has 5 nitrogen and oxygen atoms in total. The van der Waals surface area contributed by atoms with Crippen LogP contribution in [0.25, 0.3) is 0 Å². The van der Waals surface area contributed by atoms with E-state index < -0.39 is 5.97 Å². The van der Waals surface area contributed by atoms with Crippen molar-refractivity contribution in [2.24, 2.45) is 0 Å². The van der Waals surface area contributed by atoms with Gasteiger partial charge >= 0.3 is 5.97 Å². The second kappa shape index (κ2) is 4.49. The summed E-state index contributed by atoms with van der Waals surface area (Å²) in [6.45, 7) is 1.76. The van der Waals surface area contributed by atoms with E-state index in [9.17, 15) is 4.79 Å². The number of hydrogen-bond acceptors (Lipinski definition) is 4. The molecule has 0 radical (unpaired) electrons. The van der Waals surface area contributed by atoms with E-state index >= 15 is 0 Å². The average molecular weight is 221 g/mol. The molecule has 4 N–H and O–H groups in total. The van der Waals surface area contributed by atoms with Gasteiger partial charge in [0, 0.05) is 24.3 Å². The molecule has 0 saturated carbocycles. The maximum atomic E-state index is 11.1. The predicted octanol–water partition coefficient (Wildman–Crippen LogP) is 0.829. The minimum Gasteiger partial charge on any atom is -0.478 e. The van der Waals surface area contributed by atoms with E-state index in [4.69, 9.17) is 10.8 Å². The molecule has 1 aromatic rings. The highest BCUT2D eigenvalue weighted by Gasteiger charge is 2.24. The van der Waals surface area contributed by atoms with Gasteiger partial charge in [-0.1, -0.05) is 0 Å². The lowest BCUT2D eigenvalue weighted by atomic mass is 9.92. The zero-order chi connectivity index (χ0) is 11.5. The molecule has 5 heteroatoms. The van der Waals surface area contributed by atoms with Crippen molar-refractivity contribution in [3.8, 4) is 0 Å². The Hall–Kier alpha value is -1.62. The second-order valence-corrected chi connectivity index (χ2v) is 4.01. The van der Waals surface area contributed by atoms with Gasteiger partial charge in [0.25, 0.3) is 0 Å². The molecular formula is C11H15N3O2. The third-order valence-electron chi connectivity index (χ3n) is 2.91. The van der Waals surface area contributed by atoms with Crippen molar-refractivity contribution in [1.29, 1.82) is 0 Å². The third kappa shape index (κ3) is 1.99. The summed E-state index contributed by atoms with van der Waals surface area (Å²) in [4.78, 5) is 15.3. The first kappa shape index (κ1) is 10.9. The molecule has 1 unspecified atom stereocenters. The van der Waals surface area contributed by atoms with Crippen LogP contribution < -0.4 is 11.1 Å². The number of anilines is 1. The molecular weight excluding hydrogens is 206 g/mol. The Bertz CT molecular complexity index is 400. The van der Waals surface area contributed by atoms with Crippen LogP contribution in [0.3, 0.4) is 0 Å². The number of nitrogen functional groups attached to an aromatic ring is 1.